The van der Waals surface area contributed by atoms with E-state index in [1.165, 1.54) is 36.8 Å². The first-order valence-corrected chi connectivity index (χ1v) is 14.1. The second-order valence-electron chi connectivity index (χ2n) is 7.68. The highest BCUT2D eigenvalue weighted by molar-refractivity contribution is 7.91. The SMILES string of the molecule is CCC1COc2cc(S(C)(=O)=O)ccc2O1.CCC1COc2ccc(S(C)(=O)=O)cc2O1. The third-order valence-electron chi connectivity index (χ3n) is 5.03. The highest BCUT2D eigenvalue weighted by Gasteiger charge is 2.22. The van der Waals surface area contributed by atoms with Gasteiger partial charge in [-0.25, -0.2) is 16.8 Å². The van der Waals surface area contributed by atoms with Gasteiger partial charge in [0.2, 0.25) is 0 Å². The van der Waals surface area contributed by atoms with Crippen LogP contribution in [-0.2, 0) is 19.7 Å². The van der Waals surface area contributed by atoms with Gasteiger partial charge in [-0.05, 0) is 37.1 Å². The third-order valence-corrected chi connectivity index (χ3v) is 7.25. The molecule has 2 aliphatic rings. The first-order valence-electron chi connectivity index (χ1n) is 10.3. The lowest BCUT2D eigenvalue weighted by Crippen LogP contribution is -2.28. The summed E-state index contributed by atoms with van der Waals surface area (Å²) in [5.41, 5.74) is 0. The van der Waals surface area contributed by atoms with Crippen LogP contribution in [0.3, 0.4) is 0 Å². The van der Waals surface area contributed by atoms with Crippen molar-refractivity contribution >= 4 is 19.7 Å². The molecule has 2 aromatic carbocycles. The van der Waals surface area contributed by atoms with E-state index in [4.69, 9.17) is 18.9 Å². The van der Waals surface area contributed by atoms with E-state index in [2.05, 4.69) is 0 Å². The summed E-state index contributed by atoms with van der Waals surface area (Å²) in [6, 6.07) is 9.38. The number of ether oxygens (including phenoxy) is 4. The molecule has 0 saturated carbocycles. The van der Waals surface area contributed by atoms with Gasteiger partial charge in [0, 0.05) is 24.6 Å². The van der Waals surface area contributed by atoms with E-state index in [0.717, 1.165) is 12.8 Å². The van der Waals surface area contributed by atoms with Crippen molar-refractivity contribution in [1.82, 2.24) is 0 Å². The minimum absolute atomic E-state index is 0.00214. The predicted octanol–water partition coefficient (Wildman–Crippen LogP) is 3.28. The second-order valence-corrected chi connectivity index (χ2v) is 11.7. The summed E-state index contributed by atoms with van der Waals surface area (Å²) in [6.45, 7) is 5.00. The molecule has 0 amide bonds. The summed E-state index contributed by atoms with van der Waals surface area (Å²) in [4.78, 5) is 0.511. The molecule has 0 bridgehead atoms. The van der Waals surface area contributed by atoms with Gasteiger partial charge >= 0.3 is 0 Å². The Hall–Kier alpha value is -2.46. The Morgan fingerprint density at radius 2 is 1.12 bits per heavy atom. The summed E-state index contributed by atoms with van der Waals surface area (Å²) in [5.74, 6) is 2.25. The normalized spacial score (nSPS) is 19.5. The number of hydrogen-bond acceptors (Lipinski definition) is 8. The fourth-order valence-electron chi connectivity index (χ4n) is 3.05. The van der Waals surface area contributed by atoms with Crippen LogP contribution < -0.4 is 18.9 Å². The van der Waals surface area contributed by atoms with Crippen molar-refractivity contribution in [2.75, 3.05) is 25.7 Å². The quantitative estimate of drug-likeness (QED) is 0.651. The molecule has 32 heavy (non-hydrogen) atoms. The number of fused-ring (bicyclic) bond motifs is 2. The molecule has 0 fully saturated rings. The topological polar surface area (TPSA) is 105 Å². The van der Waals surface area contributed by atoms with Gasteiger partial charge in [0.05, 0.1) is 9.79 Å². The molecule has 0 N–H and O–H groups in total. The Balaban J connectivity index is 0.000000181. The van der Waals surface area contributed by atoms with Crippen LogP contribution in [0, 0.1) is 0 Å². The van der Waals surface area contributed by atoms with Gasteiger partial charge in [0.1, 0.15) is 25.4 Å². The van der Waals surface area contributed by atoms with Crippen LogP contribution in [0.5, 0.6) is 23.0 Å². The average Bonchev–Trinajstić information content (AvgIpc) is 2.76. The van der Waals surface area contributed by atoms with Crippen LogP contribution in [0.15, 0.2) is 46.2 Å². The van der Waals surface area contributed by atoms with Crippen molar-refractivity contribution in [3.8, 4) is 23.0 Å². The van der Waals surface area contributed by atoms with Crippen molar-refractivity contribution in [2.24, 2.45) is 0 Å². The molecule has 2 atom stereocenters. The van der Waals surface area contributed by atoms with E-state index in [1.807, 2.05) is 13.8 Å². The van der Waals surface area contributed by atoms with Gasteiger partial charge in [0.15, 0.2) is 42.7 Å². The number of benzene rings is 2. The van der Waals surface area contributed by atoms with Crippen LogP contribution >= 0.6 is 0 Å². The van der Waals surface area contributed by atoms with E-state index in [-0.39, 0.29) is 22.0 Å². The molecule has 8 nitrogen and oxygen atoms in total. The molecule has 0 spiro atoms. The summed E-state index contributed by atoms with van der Waals surface area (Å²) in [7, 11) is -6.39. The zero-order valence-electron chi connectivity index (χ0n) is 18.5. The molecule has 2 heterocycles. The Morgan fingerprint density at radius 1 is 0.688 bits per heavy atom. The van der Waals surface area contributed by atoms with Gasteiger partial charge in [-0.1, -0.05) is 13.8 Å². The van der Waals surface area contributed by atoms with Crippen LogP contribution in [0.2, 0.25) is 0 Å². The Kier molecular flexibility index (Phi) is 7.24. The zero-order valence-corrected chi connectivity index (χ0v) is 20.2. The minimum Gasteiger partial charge on any atom is -0.486 e. The molecule has 10 heteroatoms. The summed E-state index contributed by atoms with van der Waals surface area (Å²) in [5, 5.41) is 0. The van der Waals surface area contributed by atoms with Gasteiger partial charge < -0.3 is 18.9 Å². The molecule has 176 valence electrons. The first kappa shape index (κ1) is 24.2. The monoisotopic (exact) mass is 484 g/mol. The summed E-state index contributed by atoms with van der Waals surface area (Å²) >= 11 is 0. The van der Waals surface area contributed by atoms with E-state index < -0.39 is 19.7 Å². The number of hydrogen-bond donors (Lipinski definition) is 0. The molecule has 2 aliphatic heterocycles. The lowest BCUT2D eigenvalue weighted by Gasteiger charge is -2.25. The maximum absolute atomic E-state index is 11.4. The largest absolute Gasteiger partial charge is 0.486 e. The predicted molar refractivity (Wildman–Crippen MR) is 120 cm³/mol. The highest BCUT2D eigenvalue weighted by atomic mass is 32.2. The molecule has 4 rings (SSSR count). The summed E-state index contributed by atoms with van der Waals surface area (Å²) < 4.78 is 67.6. The zero-order chi connectivity index (χ0) is 23.5. The Labute approximate surface area is 189 Å². The van der Waals surface area contributed by atoms with Crippen LogP contribution in [-0.4, -0.2) is 54.8 Å². The standard InChI is InChI=1S/2C11H14O4S/c1-3-8-7-14-11-6-9(16(2,12)13)4-5-10(11)15-8;1-3-8-7-14-10-5-4-9(16(2,12)13)6-11(10)15-8/h2*4-6,8H,3,7H2,1-2H3. The maximum Gasteiger partial charge on any atom is 0.175 e. The Bertz CT molecular complexity index is 1170. The first-order chi connectivity index (χ1) is 15.0. The fraction of sp³-hybridized carbons (Fsp3) is 0.455. The van der Waals surface area contributed by atoms with Crippen LogP contribution in [0.25, 0.3) is 0 Å². The van der Waals surface area contributed by atoms with Crippen molar-refractivity contribution in [1.29, 1.82) is 0 Å². The number of rotatable bonds is 4. The minimum atomic E-state index is -3.20. The third kappa shape index (κ3) is 5.86. The van der Waals surface area contributed by atoms with Crippen LogP contribution in [0.1, 0.15) is 26.7 Å². The molecular formula is C22H28O8S2. The molecule has 2 unspecified atom stereocenters. The van der Waals surface area contributed by atoms with Crippen LogP contribution in [0.4, 0.5) is 0 Å². The summed E-state index contributed by atoms with van der Waals surface area (Å²) in [6.07, 6.45) is 4.11. The van der Waals surface area contributed by atoms with Gasteiger partial charge in [-0.3, -0.25) is 0 Å². The smallest absolute Gasteiger partial charge is 0.175 e. The van der Waals surface area contributed by atoms with Gasteiger partial charge in [-0.2, -0.15) is 0 Å². The molecule has 0 saturated heterocycles. The van der Waals surface area contributed by atoms with E-state index in [0.29, 0.717) is 36.2 Å². The Morgan fingerprint density at radius 3 is 1.62 bits per heavy atom. The van der Waals surface area contributed by atoms with Gasteiger partial charge in [0.25, 0.3) is 0 Å². The lowest BCUT2D eigenvalue weighted by molar-refractivity contribution is 0.0880. The van der Waals surface area contributed by atoms with Gasteiger partial charge in [-0.15, -0.1) is 0 Å². The lowest BCUT2D eigenvalue weighted by atomic mass is 10.2. The highest BCUT2D eigenvalue weighted by Crippen LogP contribution is 2.35. The van der Waals surface area contributed by atoms with Crippen molar-refractivity contribution < 1.29 is 35.8 Å². The molecule has 0 aliphatic carbocycles. The van der Waals surface area contributed by atoms with E-state index in [9.17, 15) is 16.8 Å². The fourth-order valence-corrected chi connectivity index (χ4v) is 4.33. The number of sulfone groups is 2. The average molecular weight is 485 g/mol. The van der Waals surface area contributed by atoms with E-state index >= 15 is 0 Å². The molecular weight excluding hydrogens is 456 g/mol. The maximum atomic E-state index is 11.4. The van der Waals surface area contributed by atoms with E-state index in [1.54, 1.807) is 12.1 Å². The molecule has 2 aromatic rings. The van der Waals surface area contributed by atoms with Crippen molar-refractivity contribution in [2.45, 2.75) is 48.7 Å². The molecule has 0 aromatic heterocycles. The van der Waals surface area contributed by atoms with Crippen molar-refractivity contribution in [3.05, 3.63) is 36.4 Å². The second kappa shape index (κ2) is 9.58. The van der Waals surface area contributed by atoms with Crippen molar-refractivity contribution in [3.63, 3.8) is 0 Å². The molecule has 0 radical (unpaired) electrons.